The summed E-state index contributed by atoms with van der Waals surface area (Å²) in [7, 11) is 1.56. The highest BCUT2D eigenvalue weighted by molar-refractivity contribution is 7.22. The van der Waals surface area contributed by atoms with Crippen LogP contribution in [0.1, 0.15) is 154 Å². The standard InChI is InChI=1S/C51H70N4O6S/c1-31(2)10-9-11-32(3)38-17-18-39-37-16-14-33-28-35(22-25-50(33,4)40(37)23-26-51(38,39)5)60-46(56)20-21-47(57)61-44-13-8-7-12-41(44)54-49-55-42-19-15-34(30-45(42)62-49)59-36-24-27-53-43(29-36)48(58)52-6/h14-15,19,24,27,29-32,35,37-41,44H,7-13,16-18,20-23,25-26,28H2,1-6H3,(H,52,58)(H,54,55)/t32-,35+,37+,38-,39+,40+,41?,44-,50+,51-/m1/s1. The number of hydrogen-bond acceptors (Lipinski definition) is 10. The van der Waals surface area contributed by atoms with Crippen LogP contribution < -0.4 is 15.4 Å². The second-order valence-electron chi connectivity index (χ2n) is 20.4. The predicted octanol–water partition coefficient (Wildman–Crippen LogP) is 11.8. The highest BCUT2D eigenvalue weighted by Gasteiger charge is 2.59. The second kappa shape index (κ2) is 19.0. The van der Waals surface area contributed by atoms with E-state index >= 15 is 0 Å². The van der Waals surface area contributed by atoms with E-state index in [1.807, 2.05) is 18.2 Å². The van der Waals surface area contributed by atoms with E-state index in [2.05, 4.69) is 56.3 Å². The van der Waals surface area contributed by atoms with Gasteiger partial charge in [-0.15, -0.1) is 0 Å². The molecule has 2 heterocycles. The quantitative estimate of drug-likeness (QED) is 0.113. The average molecular weight is 867 g/mol. The van der Waals surface area contributed by atoms with Gasteiger partial charge in [-0.05, 0) is 129 Å². The number of allylic oxidation sites excluding steroid dienone is 1. The van der Waals surface area contributed by atoms with E-state index in [0.717, 1.165) is 95.8 Å². The Labute approximate surface area is 373 Å². The van der Waals surface area contributed by atoms with Crippen molar-refractivity contribution in [2.45, 2.75) is 162 Å². The largest absolute Gasteiger partial charge is 0.462 e. The van der Waals surface area contributed by atoms with Gasteiger partial charge in [-0.1, -0.05) is 83.3 Å². The summed E-state index contributed by atoms with van der Waals surface area (Å²) < 4.78 is 19.1. The van der Waals surface area contributed by atoms with Gasteiger partial charge in [0.25, 0.3) is 5.91 Å². The maximum Gasteiger partial charge on any atom is 0.306 e. The summed E-state index contributed by atoms with van der Waals surface area (Å²) in [5, 5.41) is 6.88. The number of esters is 2. The number of carbonyl (C=O) groups excluding carboxylic acids is 3. The Morgan fingerprint density at radius 1 is 0.887 bits per heavy atom. The van der Waals surface area contributed by atoms with E-state index in [4.69, 9.17) is 19.2 Å². The number of anilines is 1. The normalized spacial score (nSPS) is 31.0. The van der Waals surface area contributed by atoms with E-state index in [1.54, 1.807) is 25.4 Å². The monoisotopic (exact) mass is 867 g/mol. The Morgan fingerprint density at radius 3 is 2.48 bits per heavy atom. The lowest BCUT2D eigenvalue weighted by Gasteiger charge is -2.58. The van der Waals surface area contributed by atoms with Crippen molar-refractivity contribution >= 4 is 44.5 Å². The zero-order chi connectivity index (χ0) is 43.6. The van der Waals surface area contributed by atoms with Crippen molar-refractivity contribution in [2.24, 2.45) is 46.3 Å². The molecule has 1 aromatic carbocycles. The summed E-state index contributed by atoms with van der Waals surface area (Å²) in [6.07, 6.45) is 20.9. The summed E-state index contributed by atoms with van der Waals surface area (Å²) in [4.78, 5) is 47.3. The molecule has 0 saturated heterocycles. The van der Waals surface area contributed by atoms with Crippen molar-refractivity contribution in [3.63, 3.8) is 0 Å². The first-order valence-corrected chi connectivity index (χ1v) is 24.8. The molecule has 11 heteroatoms. The smallest absolute Gasteiger partial charge is 0.306 e. The van der Waals surface area contributed by atoms with Gasteiger partial charge in [0, 0.05) is 31.8 Å². The number of nitrogens with one attached hydrogen (secondary N) is 2. The van der Waals surface area contributed by atoms with Crippen LogP contribution in [0.2, 0.25) is 0 Å². The molecule has 4 saturated carbocycles. The Kier molecular flexibility index (Phi) is 13.7. The van der Waals surface area contributed by atoms with Crippen LogP contribution >= 0.6 is 11.3 Å². The zero-order valence-electron chi connectivity index (χ0n) is 38.0. The van der Waals surface area contributed by atoms with Crippen molar-refractivity contribution in [2.75, 3.05) is 12.4 Å². The SMILES string of the molecule is CNC(=O)c1cc(Oc2ccc3nc(NC4CCCC[C@H]4OC(=O)CCC(=O)O[C@H]4CC[C@@]5(C)C(=CC[C@H]6[C@@H]7CC[C@H]([C@H](C)CCCC(C)C)[C@@]7(C)CC[C@@H]65)C4)sc3c2)ccn1. The third-order valence-corrected chi connectivity index (χ3v) is 17.1. The van der Waals surface area contributed by atoms with Crippen LogP contribution in [-0.2, 0) is 19.1 Å². The van der Waals surface area contributed by atoms with E-state index < -0.39 is 0 Å². The summed E-state index contributed by atoms with van der Waals surface area (Å²) in [6.45, 7) is 12.5. The van der Waals surface area contributed by atoms with Gasteiger partial charge in [0.2, 0.25) is 0 Å². The fraction of sp³-hybridized carbons (Fsp3) is 0.667. The third kappa shape index (κ3) is 9.58. The molecule has 10 atom stereocenters. The van der Waals surface area contributed by atoms with Crippen LogP contribution in [0.3, 0.4) is 0 Å². The van der Waals surface area contributed by atoms with Gasteiger partial charge in [0.1, 0.15) is 29.4 Å². The van der Waals surface area contributed by atoms with Gasteiger partial charge in [0.15, 0.2) is 5.13 Å². The molecule has 5 aliphatic rings. The molecule has 2 aromatic heterocycles. The van der Waals surface area contributed by atoms with Gasteiger partial charge in [0.05, 0.1) is 29.1 Å². The van der Waals surface area contributed by atoms with Crippen LogP contribution in [0.5, 0.6) is 11.5 Å². The number of rotatable bonds is 15. The Morgan fingerprint density at radius 2 is 1.68 bits per heavy atom. The fourth-order valence-corrected chi connectivity index (χ4v) is 13.8. The van der Waals surface area contributed by atoms with Crippen LogP contribution in [0, 0.1) is 46.3 Å². The highest BCUT2D eigenvalue weighted by Crippen LogP contribution is 2.67. The zero-order valence-corrected chi connectivity index (χ0v) is 38.8. The van der Waals surface area contributed by atoms with Gasteiger partial charge in [-0.3, -0.25) is 19.4 Å². The van der Waals surface area contributed by atoms with Gasteiger partial charge < -0.3 is 24.8 Å². The molecule has 5 aliphatic carbocycles. The number of hydrogen-bond donors (Lipinski definition) is 2. The number of pyridine rings is 1. The van der Waals surface area contributed by atoms with Crippen LogP contribution in [0.25, 0.3) is 10.2 Å². The minimum absolute atomic E-state index is 0.0163. The molecule has 0 bridgehead atoms. The molecule has 2 N–H and O–H groups in total. The molecule has 0 aliphatic heterocycles. The van der Waals surface area contributed by atoms with Crippen LogP contribution in [-0.4, -0.2) is 53.1 Å². The lowest BCUT2D eigenvalue weighted by Crippen LogP contribution is -2.51. The number of benzene rings is 1. The van der Waals surface area contributed by atoms with Crippen molar-refractivity contribution in [3.8, 4) is 11.5 Å². The first-order chi connectivity index (χ1) is 29.8. The van der Waals surface area contributed by atoms with Crippen LogP contribution in [0.4, 0.5) is 5.13 Å². The number of fused-ring (bicyclic) bond motifs is 6. The number of aromatic nitrogens is 2. The molecular formula is C51H70N4O6S. The molecule has 4 fully saturated rings. The summed E-state index contributed by atoms with van der Waals surface area (Å²) in [5.41, 5.74) is 3.30. The first kappa shape index (κ1) is 44.6. The highest BCUT2D eigenvalue weighted by atomic mass is 32.1. The molecule has 10 nitrogen and oxygen atoms in total. The lowest BCUT2D eigenvalue weighted by molar-refractivity contribution is -0.158. The predicted molar refractivity (Wildman–Crippen MR) is 245 cm³/mol. The number of carbonyl (C=O) groups is 3. The molecule has 0 radical (unpaired) electrons. The van der Waals surface area contributed by atoms with Gasteiger partial charge in [-0.25, -0.2) is 4.98 Å². The fourth-order valence-electron chi connectivity index (χ4n) is 12.9. The molecule has 336 valence electrons. The topological polar surface area (TPSA) is 129 Å². The van der Waals surface area contributed by atoms with E-state index in [1.165, 1.54) is 68.3 Å². The molecule has 3 aromatic rings. The number of thiazole rings is 1. The average Bonchev–Trinajstić information content (AvgIpc) is 3.83. The van der Waals surface area contributed by atoms with E-state index in [0.29, 0.717) is 16.9 Å². The van der Waals surface area contributed by atoms with Crippen molar-refractivity contribution in [3.05, 3.63) is 53.9 Å². The molecule has 1 unspecified atom stereocenters. The summed E-state index contributed by atoms with van der Waals surface area (Å²) >= 11 is 1.51. The van der Waals surface area contributed by atoms with Crippen molar-refractivity contribution in [1.82, 2.24) is 15.3 Å². The number of amides is 1. The molecule has 0 spiro atoms. The minimum atomic E-state index is -0.358. The Bertz CT molecular complexity index is 2120. The minimum Gasteiger partial charge on any atom is -0.462 e. The first-order valence-electron chi connectivity index (χ1n) is 23.9. The lowest BCUT2D eigenvalue weighted by atomic mass is 9.47. The maximum atomic E-state index is 13.2. The number of nitrogens with zero attached hydrogens (tertiary/aromatic N) is 2. The van der Waals surface area contributed by atoms with Gasteiger partial charge in [-0.2, -0.15) is 0 Å². The molecule has 62 heavy (non-hydrogen) atoms. The van der Waals surface area contributed by atoms with Crippen molar-refractivity contribution < 1.29 is 28.6 Å². The Balaban J connectivity index is 0.803. The van der Waals surface area contributed by atoms with Crippen LogP contribution in [0.15, 0.2) is 48.2 Å². The summed E-state index contributed by atoms with van der Waals surface area (Å²) in [5.74, 6) is 5.01. The Hall–Kier alpha value is -3.99. The van der Waals surface area contributed by atoms with Gasteiger partial charge >= 0.3 is 11.9 Å². The third-order valence-electron chi connectivity index (χ3n) is 16.2. The van der Waals surface area contributed by atoms with E-state index in [9.17, 15) is 14.4 Å². The maximum absolute atomic E-state index is 13.2. The number of ether oxygens (including phenoxy) is 3. The molecule has 8 rings (SSSR count). The van der Waals surface area contributed by atoms with E-state index in [-0.39, 0.29) is 60.0 Å². The second-order valence-corrected chi connectivity index (χ2v) is 21.4. The van der Waals surface area contributed by atoms with Crippen molar-refractivity contribution in [1.29, 1.82) is 0 Å². The molecular weight excluding hydrogens is 797 g/mol. The summed E-state index contributed by atoms with van der Waals surface area (Å²) in [6, 6.07) is 8.92. The molecule has 1 amide bonds.